The fraction of sp³-hybridized carbons (Fsp3) is 0.150. The van der Waals surface area contributed by atoms with Gasteiger partial charge in [-0.1, -0.05) is 18.2 Å². The Morgan fingerprint density at radius 1 is 0.966 bits per heavy atom. The van der Waals surface area contributed by atoms with Crippen LogP contribution in [0.3, 0.4) is 0 Å². The summed E-state index contributed by atoms with van der Waals surface area (Å²) in [6, 6.07) is 9.30. The van der Waals surface area contributed by atoms with E-state index in [0.717, 1.165) is 6.07 Å². The van der Waals surface area contributed by atoms with Crippen molar-refractivity contribution in [2.24, 2.45) is 0 Å². The Morgan fingerprint density at radius 2 is 1.72 bits per heavy atom. The first-order valence-corrected chi connectivity index (χ1v) is 8.66. The highest BCUT2D eigenvalue weighted by atomic mass is 19.4. The number of H-pyrrole nitrogens is 1. The molecule has 0 radical (unpaired) electrons. The standard InChI is InChI=1S/C20H15F4N5/c1-10-11(2)25-18(13-5-3-4-6-15(13)20(22,23)24)26-17(10)27-19-14-9-12(21)7-8-16(14)28-29-19/h3-9H,1-2H3,(H2,25,26,27,28,29). The second-order valence-electron chi connectivity index (χ2n) is 6.54. The summed E-state index contributed by atoms with van der Waals surface area (Å²) >= 11 is 0. The maximum Gasteiger partial charge on any atom is 0.417 e. The maximum absolute atomic E-state index is 13.6. The van der Waals surface area contributed by atoms with Crippen LogP contribution in [0.15, 0.2) is 42.5 Å². The maximum atomic E-state index is 13.6. The molecule has 0 aliphatic carbocycles. The van der Waals surface area contributed by atoms with E-state index in [0.29, 0.717) is 33.8 Å². The molecule has 0 amide bonds. The summed E-state index contributed by atoms with van der Waals surface area (Å²) in [4.78, 5) is 8.56. The number of nitrogens with one attached hydrogen (secondary N) is 2. The highest BCUT2D eigenvalue weighted by molar-refractivity contribution is 5.91. The van der Waals surface area contributed by atoms with E-state index in [9.17, 15) is 17.6 Å². The van der Waals surface area contributed by atoms with Crippen molar-refractivity contribution in [1.29, 1.82) is 0 Å². The van der Waals surface area contributed by atoms with E-state index in [1.54, 1.807) is 19.9 Å². The first-order valence-electron chi connectivity index (χ1n) is 8.66. The molecule has 0 unspecified atom stereocenters. The molecule has 4 aromatic rings. The molecule has 2 aromatic carbocycles. The predicted molar refractivity (Wildman–Crippen MR) is 101 cm³/mol. The van der Waals surface area contributed by atoms with Crippen molar-refractivity contribution in [3.63, 3.8) is 0 Å². The summed E-state index contributed by atoms with van der Waals surface area (Å²) in [5, 5.41) is 10.4. The molecule has 0 atom stereocenters. The second kappa shape index (κ2) is 6.84. The second-order valence-corrected chi connectivity index (χ2v) is 6.54. The van der Waals surface area contributed by atoms with Gasteiger partial charge in [0.25, 0.3) is 0 Å². The number of fused-ring (bicyclic) bond motifs is 1. The molecule has 2 heterocycles. The van der Waals surface area contributed by atoms with Gasteiger partial charge in [0.15, 0.2) is 11.6 Å². The summed E-state index contributed by atoms with van der Waals surface area (Å²) in [6.45, 7) is 3.43. The topological polar surface area (TPSA) is 66.5 Å². The fourth-order valence-electron chi connectivity index (χ4n) is 2.99. The van der Waals surface area contributed by atoms with E-state index < -0.39 is 17.6 Å². The molecule has 0 saturated heterocycles. The molecule has 0 aliphatic rings. The number of rotatable bonds is 3. The van der Waals surface area contributed by atoms with Gasteiger partial charge in [0.05, 0.1) is 11.1 Å². The number of aryl methyl sites for hydroxylation is 1. The van der Waals surface area contributed by atoms with Crippen LogP contribution in [-0.2, 0) is 6.18 Å². The minimum Gasteiger partial charge on any atom is -0.323 e. The summed E-state index contributed by atoms with van der Waals surface area (Å²) in [5.74, 6) is 0.116. The van der Waals surface area contributed by atoms with Crippen molar-refractivity contribution in [3.05, 3.63) is 65.1 Å². The monoisotopic (exact) mass is 401 g/mol. The molecular weight excluding hydrogens is 386 g/mol. The highest BCUT2D eigenvalue weighted by Crippen LogP contribution is 2.36. The van der Waals surface area contributed by atoms with Gasteiger partial charge in [0.2, 0.25) is 0 Å². The van der Waals surface area contributed by atoms with Crippen LogP contribution in [0.25, 0.3) is 22.3 Å². The van der Waals surface area contributed by atoms with Crippen molar-refractivity contribution >= 4 is 22.5 Å². The molecule has 5 nitrogen and oxygen atoms in total. The van der Waals surface area contributed by atoms with Crippen molar-refractivity contribution in [2.45, 2.75) is 20.0 Å². The van der Waals surface area contributed by atoms with Gasteiger partial charge in [0, 0.05) is 22.2 Å². The zero-order valence-corrected chi connectivity index (χ0v) is 15.4. The summed E-state index contributed by atoms with van der Waals surface area (Å²) < 4.78 is 53.8. The molecule has 0 fully saturated rings. The first kappa shape index (κ1) is 18.9. The third kappa shape index (κ3) is 3.51. The lowest BCUT2D eigenvalue weighted by Crippen LogP contribution is -2.09. The van der Waals surface area contributed by atoms with E-state index in [1.165, 1.54) is 30.3 Å². The van der Waals surface area contributed by atoms with Crippen LogP contribution in [0, 0.1) is 19.7 Å². The van der Waals surface area contributed by atoms with Crippen molar-refractivity contribution in [3.8, 4) is 11.4 Å². The molecule has 2 aromatic heterocycles. The summed E-state index contributed by atoms with van der Waals surface area (Å²) in [5.41, 5.74) is 0.830. The van der Waals surface area contributed by atoms with Gasteiger partial charge in [-0.25, -0.2) is 14.4 Å². The van der Waals surface area contributed by atoms with E-state index in [-0.39, 0.29) is 11.4 Å². The Bertz CT molecular complexity index is 1210. The molecule has 0 aliphatic heterocycles. The average molecular weight is 401 g/mol. The van der Waals surface area contributed by atoms with Crippen LogP contribution >= 0.6 is 0 Å². The van der Waals surface area contributed by atoms with Crippen molar-refractivity contribution in [2.75, 3.05) is 5.32 Å². The zero-order chi connectivity index (χ0) is 20.8. The van der Waals surface area contributed by atoms with Crippen LogP contribution in [0.5, 0.6) is 0 Å². The lowest BCUT2D eigenvalue weighted by atomic mass is 10.1. The van der Waals surface area contributed by atoms with Gasteiger partial charge in [-0.05, 0) is 38.1 Å². The smallest absolute Gasteiger partial charge is 0.323 e. The number of nitrogens with zero attached hydrogens (tertiary/aromatic N) is 3. The van der Waals surface area contributed by atoms with Gasteiger partial charge < -0.3 is 5.32 Å². The number of alkyl halides is 3. The lowest BCUT2D eigenvalue weighted by Gasteiger charge is -2.15. The number of hydrogen-bond acceptors (Lipinski definition) is 4. The number of anilines is 2. The van der Waals surface area contributed by atoms with Crippen LogP contribution in [0.2, 0.25) is 0 Å². The fourth-order valence-corrected chi connectivity index (χ4v) is 2.99. The minimum absolute atomic E-state index is 0.0606. The van der Waals surface area contributed by atoms with Crippen LogP contribution in [0.4, 0.5) is 29.2 Å². The van der Waals surface area contributed by atoms with E-state index in [4.69, 9.17) is 0 Å². The van der Waals surface area contributed by atoms with Gasteiger partial charge >= 0.3 is 6.18 Å². The van der Waals surface area contributed by atoms with Crippen LogP contribution in [0.1, 0.15) is 16.8 Å². The largest absolute Gasteiger partial charge is 0.417 e. The van der Waals surface area contributed by atoms with Gasteiger partial charge in [-0.3, -0.25) is 5.10 Å². The SMILES string of the molecule is Cc1nc(-c2ccccc2C(F)(F)F)nc(Nc2n[nH]c3ccc(F)cc23)c1C. The molecule has 148 valence electrons. The number of aromatic amines is 1. The van der Waals surface area contributed by atoms with Crippen LogP contribution < -0.4 is 5.32 Å². The molecule has 0 bridgehead atoms. The van der Waals surface area contributed by atoms with E-state index in [1.807, 2.05) is 0 Å². The lowest BCUT2D eigenvalue weighted by molar-refractivity contribution is -0.137. The van der Waals surface area contributed by atoms with Crippen molar-refractivity contribution in [1.82, 2.24) is 20.2 Å². The number of halogens is 4. The minimum atomic E-state index is -4.54. The Morgan fingerprint density at radius 3 is 2.48 bits per heavy atom. The molecule has 0 spiro atoms. The Hall–Kier alpha value is -3.49. The molecule has 2 N–H and O–H groups in total. The molecule has 9 heteroatoms. The number of benzene rings is 2. The third-order valence-electron chi connectivity index (χ3n) is 4.62. The predicted octanol–water partition coefficient (Wildman–Crippen LogP) is 5.54. The van der Waals surface area contributed by atoms with Crippen LogP contribution in [-0.4, -0.2) is 20.2 Å². The van der Waals surface area contributed by atoms with Gasteiger partial charge in [-0.15, -0.1) is 0 Å². The number of hydrogen-bond donors (Lipinski definition) is 2. The quantitative estimate of drug-likeness (QED) is 0.443. The Balaban J connectivity index is 1.83. The molecular formula is C20H15F4N5. The van der Waals surface area contributed by atoms with E-state index in [2.05, 4.69) is 25.5 Å². The Kier molecular flexibility index (Phi) is 4.45. The van der Waals surface area contributed by atoms with Gasteiger partial charge in [-0.2, -0.15) is 18.3 Å². The summed E-state index contributed by atoms with van der Waals surface area (Å²) in [6.07, 6.45) is -4.54. The van der Waals surface area contributed by atoms with Gasteiger partial charge in [0.1, 0.15) is 11.6 Å². The van der Waals surface area contributed by atoms with E-state index >= 15 is 0 Å². The average Bonchev–Trinajstić information content (AvgIpc) is 3.06. The zero-order valence-electron chi connectivity index (χ0n) is 15.4. The summed E-state index contributed by atoms with van der Waals surface area (Å²) in [7, 11) is 0. The first-order chi connectivity index (χ1) is 13.7. The molecule has 4 rings (SSSR count). The number of aromatic nitrogens is 4. The molecule has 0 saturated carbocycles. The molecule has 29 heavy (non-hydrogen) atoms. The highest BCUT2D eigenvalue weighted by Gasteiger charge is 2.34. The van der Waals surface area contributed by atoms with Crippen molar-refractivity contribution < 1.29 is 17.6 Å². The third-order valence-corrected chi connectivity index (χ3v) is 4.62. The normalized spacial score (nSPS) is 11.8. The Labute approximate surface area is 162 Å².